The van der Waals surface area contributed by atoms with E-state index in [1.54, 1.807) is 11.9 Å². The highest BCUT2D eigenvalue weighted by Gasteiger charge is 2.30. The predicted octanol–water partition coefficient (Wildman–Crippen LogP) is -0.150. The van der Waals surface area contributed by atoms with E-state index in [-0.39, 0.29) is 11.9 Å². The summed E-state index contributed by atoms with van der Waals surface area (Å²) in [5, 5.41) is 0. The molecule has 1 fully saturated rings. The van der Waals surface area contributed by atoms with Gasteiger partial charge in [-0.25, -0.2) is 0 Å². The number of carbonyl (C=O) groups is 1. The molecule has 1 amide bonds. The first-order chi connectivity index (χ1) is 3.75. The zero-order chi connectivity index (χ0) is 6.15. The monoisotopic (exact) mass is 109 g/mol. The van der Waals surface area contributed by atoms with E-state index in [0.717, 1.165) is 0 Å². The molecule has 0 radical (unpaired) electrons. The molecule has 0 aromatic carbocycles. The fourth-order valence-electron chi connectivity index (χ4n) is 0.678. The van der Waals surface area contributed by atoms with Crippen LogP contribution < -0.4 is 0 Å². The quantitative estimate of drug-likeness (QED) is 0.313. The summed E-state index contributed by atoms with van der Waals surface area (Å²) >= 11 is 0. The summed E-state index contributed by atoms with van der Waals surface area (Å²) in [6, 6.07) is 0.0718. The lowest BCUT2D eigenvalue weighted by Crippen LogP contribution is -2.48. The molecule has 1 saturated heterocycles. The molecule has 0 aliphatic carbocycles. The first kappa shape index (κ1) is 5.17. The van der Waals surface area contributed by atoms with Gasteiger partial charge < -0.3 is 4.90 Å². The zero-order valence-corrected chi connectivity index (χ0v) is 4.72. The Bertz CT molecular complexity index is 156. The largest absolute Gasteiger partial charge is 0.331 e. The number of β-lactam (4-membered cyclic amide) rings is 1. The molecule has 0 saturated carbocycles. The average Bonchev–Trinajstić information content (AvgIpc) is 1.81. The molecule has 0 spiro atoms. The minimum Gasteiger partial charge on any atom is -0.331 e. The van der Waals surface area contributed by atoms with Crippen molar-refractivity contribution < 1.29 is 4.79 Å². The van der Waals surface area contributed by atoms with Gasteiger partial charge in [0.15, 0.2) is 0 Å². The predicted molar refractivity (Wildman–Crippen MR) is 30.0 cm³/mol. The summed E-state index contributed by atoms with van der Waals surface area (Å²) in [5.41, 5.74) is 0. The molecule has 1 aliphatic heterocycles. The van der Waals surface area contributed by atoms with E-state index in [1.807, 2.05) is 0 Å². The van der Waals surface area contributed by atoms with Crippen LogP contribution in [0.25, 0.3) is 0 Å². The van der Waals surface area contributed by atoms with E-state index < -0.39 is 0 Å². The Morgan fingerprint density at radius 2 is 2.62 bits per heavy atom. The van der Waals surface area contributed by atoms with Crippen molar-refractivity contribution >= 4 is 5.91 Å². The van der Waals surface area contributed by atoms with Crippen molar-refractivity contribution in [3.63, 3.8) is 0 Å². The molecule has 1 atom stereocenters. The summed E-state index contributed by atoms with van der Waals surface area (Å²) in [4.78, 5) is 12.0. The highest BCUT2D eigenvalue weighted by Crippen LogP contribution is 2.14. The van der Waals surface area contributed by atoms with Gasteiger partial charge in [-0.05, 0) is 0 Å². The SMILES string of the molecule is C#CC1CC(=O)N1C. The van der Waals surface area contributed by atoms with Crippen molar-refractivity contribution in [2.75, 3.05) is 7.05 Å². The third kappa shape index (κ3) is 0.481. The van der Waals surface area contributed by atoms with Crippen LogP contribution in [0.5, 0.6) is 0 Å². The molecule has 1 rings (SSSR count). The van der Waals surface area contributed by atoms with E-state index in [2.05, 4.69) is 5.92 Å². The van der Waals surface area contributed by atoms with Crippen molar-refractivity contribution in [3.8, 4) is 12.3 Å². The zero-order valence-electron chi connectivity index (χ0n) is 4.72. The Balaban J connectivity index is 2.50. The molecule has 8 heavy (non-hydrogen) atoms. The van der Waals surface area contributed by atoms with Crippen LogP contribution in [-0.4, -0.2) is 23.9 Å². The Kier molecular flexibility index (Phi) is 0.980. The molecule has 2 heteroatoms. The Morgan fingerprint density at radius 1 is 2.00 bits per heavy atom. The van der Waals surface area contributed by atoms with Gasteiger partial charge in [0.1, 0.15) is 6.04 Å². The maximum Gasteiger partial charge on any atom is 0.226 e. The summed E-state index contributed by atoms with van der Waals surface area (Å²) in [7, 11) is 1.72. The van der Waals surface area contributed by atoms with Crippen LogP contribution >= 0.6 is 0 Å². The number of terminal acetylenes is 1. The Labute approximate surface area is 48.5 Å². The minimum atomic E-state index is 0.0718. The summed E-state index contributed by atoms with van der Waals surface area (Å²) < 4.78 is 0. The standard InChI is InChI=1S/C6H7NO/c1-3-5-4-6(8)7(5)2/h1,5H,4H2,2H3. The molecule has 0 N–H and O–H groups in total. The van der Waals surface area contributed by atoms with Gasteiger partial charge in [0, 0.05) is 7.05 Å². The summed E-state index contributed by atoms with van der Waals surface area (Å²) in [6.45, 7) is 0. The van der Waals surface area contributed by atoms with Gasteiger partial charge in [0.05, 0.1) is 6.42 Å². The highest BCUT2D eigenvalue weighted by molar-refractivity contribution is 5.83. The lowest BCUT2D eigenvalue weighted by molar-refractivity contribution is -0.140. The lowest BCUT2D eigenvalue weighted by atomic mass is 10.1. The van der Waals surface area contributed by atoms with Crippen LogP contribution in [0.4, 0.5) is 0 Å². The Hall–Kier alpha value is -0.970. The van der Waals surface area contributed by atoms with Crippen LogP contribution in [0, 0.1) is 12.3 Å². The van der Waals surface area contributed by atoms with Crippen molar-refractivity contribution in [2.45, 2.75) is 12.5 Å². The smallest absolute Gasteiger partial charge is 0.226 e. The molecule has 42 valence electrons. The molecule has 1 aliphatic rings. The first-order valence-corrected chi connectivity index (χ1v) is 2.47. The second kappa shape index (κ2) is 1.52. The normalized spacial score (nSPS) is 26.8. The number of hydrogen-bond donors (Lipinski definition) is 0. The Morgan fingerprint density at radius 3 is 2.75 bits per heavy atom. The molecule has 0 aromatic heterocycles. The van der Waals surface area contributed by atoms with Crippen molar-refractivity contribution in [1.82, 2.24) is 4.90 Å². The average molecular weight is 109 g/mol. The molecule has 0 bridgehead atoms. The number of amides is 1. The van der Waals surface area contributed by atoms with Gasteiger partial charge in [-0.15, -0.1) is 6.42 Å². The van der Waals surface area contributed by atoms with E-state index in [0.29, 0.717) is 6.42 Å². The molecule has 1 unspecified atom stereocenters. The highest BCUT2D eigenvalue weighted by atomic mass is 16.2. The summed E-state index contributed by atoms with van der Waals surface area (Å²) in [6.07, 6.45) is 5.58. The van der Waals surface area contributed by atoms with Crippen LogP contribution in [-0.2, 0) is 4.79 Å². The minimum absolute atomic E-state index is 0.0718. The number of likely N-dealkylation sites (tertiary alicyclic amines) is 1. The van der Waals surface area contributed by atoms with Gasteiger partial charge in [-0.2, -0.15) is 0 Å². The van der Waals surface area contributed by atoms with Gasteiger partial charge in [-0.1, -0.05) is 5.92 Å². The van der Waals surface area contributed by atoms with Crippen LogP contribution in [0.2, 0.25) is 0 Å². The van der Waals surface area contributed by atoms with Gasteiger partial charge in [0.2, 0.25) is 5.91 Å². The third-order valence-corrected chi connectivity index (χ3v) is 1.42. The lowest BCUT2D eigenvalue weighted by Gasteiger charge is -2.33. The van der Waals surface area contributed by atoms with Crippen LogP contribution in [0.1, 0.15) is 6.42 Å². The second-order valence-corrected chi connectivity index (χ2v) is 1.89. The molecular formula is C6H7NO. The molecule has 0 aromatic rings. The molecule has 2 nitrogen and oxygen atoms in total. The van der Waals surface area contributed by atoms with Crippen molar-refractivity contribution in [1.29, 1.82) is 0 Å². The second-order valence-electron chi connectivity index (χ2n) is 1.89. The van der Waals surface area contributed by atoms with Crippen molar-refractivity contribution in [2.24, 2.45) is 0 Å². The van der Waals surface area contributed by atoms with E-state index >= 15 is 0 Å². The third-order valence-electron chi connectivity index (χ3n) is 1.42. The van der Waals surface area contributed by atoms with Crippen LogP contribution in [0.3, 0.4) is 0 Å². The number of carbonyl (C=O) groups excluding carboxylic acids is 1. The fraction of sp³-hybridized carbons (Fsp3) is 0.500. The first-order valence-electron chi connectivity index (χ1n) is 2.47. The van der Waals surface area contributed by atoms with E-state index in [4.69, 9.17) is 6.42 Å². The molecular weight excluding hydrogens is 102 g/mol. The van der Waals surface area contributed by atoms with Gasteiger partial charge >= 0.3 is 0 Å². The number of nitrogens with zero attached hydrogens (tertiary/aromatic N) is 1. The topological polar surface area (TPSA) is 20.3 Å². The number of rotatable bonds is 0. The summed E-state index contributed by atoms with van der Waals surface area (Å²) in [5.74, 6) is 2.63. The van der Waals surface area contributed by atoms with Gasteiger partial charge in [0.25, 0.3) is 0 Å². The van der Waals surface area contributed by atoms with Crippen molar-refractivity contribution in [3.05, 3.63) is 0 Å². The maximum absolute atomic E-state index is 10.4. The van der Waals surface area contributed by atoms with E-state index in [1.165, 1.54) is 0 Å². The fourth-order valence-corrected chi connectivity index (χ4v) is 0.678. The molecule has 1 heterocycles. The number of hydrogen-bond acceptors (Lipinski definition) is 1. The van der Waals surface area contributed by atoms with E-state index in [9.17, 15) is 4.79 Å². The maximum atomic E-state index is 10.4. The van der Waals surface area contributed by atoms with Crippen LogP contribution in [0.15, 0.2) is 0 Å². The van der Waals surface area contributed by atoms with Gasteiger partial charge in [-0.3, -0.25) is 4.79 Å².